The van der Waals surface area contributed by atoms with Crippen LogP contribution in [0.25, 0.3) is 0 Å². The molecule has 0 radical (unpaired) electrons. The largest absolute Gasteiger partial charge is 0.381 e. The van der Waals surface area contributed by atoms with Crippen molar-refractivity contribution in [3.05, 3.63) is 0 Å². The van der Waals surface area contributed by atoms with E-state index in [0.29, 0.717) is 5.92 Å². The zero-order valence-corrected chi connectivity index (χ0v) is 18.4. The van der Waals surface area contributed by atoms with Gasteiger partial charge in [-0.15, -0.1) is 24.0 Å². The SMILES string of the molecule is CCCCOCCNC(=NCCCOCC1CCOCC1)NCC.I. The molecule has 0 aromatic carbocycles. The molecule has 7 heteroatoms. The molecule has 0 aromatic heterocycles. The average molecular weight is 471 g/mol. The van der Waals surface area contributed by atoms with Crippen molar-refractivity contribution in [2.45, 2.75) is 46.0 Å². The van der Waals surface area contributed by atoms with Crippen LogP contribution in [0.1, 0.15) is 46.0 Å². The van der Waals surface area contributed by atoms with Crippen LogP contribution in [0.4, 0.5) is 0 Å². The number of nitrogens with zero attached hydrogens (tertiary/aromatic N) is 1. The lowest BCUT2D eigenvalue weighted by molar-refractivity contribution is 0.0205. The van der Waals surface area contributed by atoms with Crippen LogP contribution in [0.5, 0.6) is 0 Å². The summed E-state index contributed by atoms with van der Waals surface area (Å²) >= 11 is 0. The maximum Gasteiger partial charge on any atom is 0.191 e. The van der Waals surface area contributed by atoms with E-state index in [1.54, 1.807) is 0 Å². The number of unbranched alkanes of at least 4 members (excludes halogenated alkanes) is 1. The second-order valence-corrected chi connectivity index (χ2v) is 6.14. The number of hydrogen-bond acceptors (Lipinski definition) is 4. The Hall–Kier alpha value is -0.120. The molecule has 1 fully saturated rings. The maximum atomic E-state index is 5.77. The van der Waals surface area contributed by atoms with Gasteiger partial charge in [0.2, 0.25) is 0 Å². The van der Waals surface area contributed by atoms with Gasteiger partial charge in [-0.2, -0.15) is 0 Å². The molecule has 0 spiro atoms. The van der Waals surface area contributed by atoms with Crippen LogP contribution in [0, 0.1) is 5.92 Å². The Bertz CT molecular complexity index is 314. The van der Waals surface area contributed by atoms with Crippen LogP contribution in [-0.2, 0) is 14.2 Å². The third kappa shape index (κ3) is 14.7. The predicted molar refractivity (Wildman–Crippen MR) is 114 cm³/mol. The molecule has 1 saturated heterocycles. The minimum absolute atomic E-state index is 0. The molecule has 25 heavy (non-hydrogen) atoms. The van der Waals surface area contributed by atoms with E-state index in [-0.39, 0.29) is 24.0 Å². The summed E-state index contributed by atoms with van der Waals surface area (Å²) in [6.45, 7) is 11.7. The van der Waals surface area contributed by atoms with Crippen LogP contribution in [0.15, 0.2) is 4.99 Å². The molecule has 1 rings (SSSR count). The van der Waals surface area contributed by atoms with Crippen LogP contribution in [0.2, 0.25) is 0 Å². The molecule has 1 aliphatic rings. The minimum atomic E-state index is 0. The van der Waals surface area contributed by atoms with Crippen LogP contribution >= 0.6 is 24.0 Å². The van der Waals surface area contributed by atoms with Crippen molar-refractivity contribution in [2.24, 2.45) is 10.9 Å². The van der Waals surface area contributed by atoms with E-state index in [1.165, 1.54) is 6.42 Å². The Balaban J connectivity index is 0.00000576. The third-order valence-electron chi connectivity index (χ3n) is 3.94. The fourth-order valence-electron chi connectivity index (χ4n) is 2.45. The smallest absolute Gasteiger partial charge is 0.191 e. The molecule has 6 nitrogen and oxygen atoms in total. The van der Waals surface area contributed by atoms with E-state index < -0.39 is 0 Å². The number of halogens is 1. The molecule has 0 bridgehead atoms. The van der Waals surface area contributed by atoms with Crippen molar-refractivity contribution in [3.8, 4) is 0 Å². The Morgan fingerprint density at radius 1 is 1.04 bits per heavy atom. The highest BCUT2D eigenvalue weighted by atomic mass is 127. The van der Waals surface area contributed by atoms with Crippen molar-refractivity contribution < 1.29 is 14.2 Å². The first-order valence-corrected chi connectivity index (χ1v) is 9.62. The fourth-order valence-corrected chi connectivity index (χ4v) is 2.45. The molecule has 0 amide bonds. The number of ether oxygens (including phenoxy) is 3. The molecule has 1 heterocycles. The monoisotopic (exact) mass is 471 g/mol. The predicted octanol–water partition coefficient (Wildman–Crippen LogP) is 2.81. The molecule has 1 aliphatic heterocycles. The van der Waals surface area contributed by atoms with E-state index in [4.69, 9.17) is 14.2 Å². The average Bonchev–Trinajstić information content (AvgIpc) is 2.61. The number of hydrogen-bond donors (Lipinski definition) is 2. The molecule has 0 aromatic rings. The summed E-state index contributed by atoms with van der Waals surface area (Å²) in [5, 5.41) is 6.56. The first-order valence-electron chi connectivity index (χ1n) is 9.62. The minimum Gasteiger partial charge on any atom is -0.381 e. The van der Waals surface area contributed by atoms with Gasteiger partial charge in [0, 0.05) is 52.7 Å². The van der Waals surface area contributed by atoms with Gasteiger partial charge in [-0.1, -0.05) is 13.3 Å². The summed E-state index contributed by atoms with van der Waals surface area (Å²) in [6.07, 6.45) is 5.52. The van der Waals surface area contributed by atoms with Gasteiger partial charge >= 0.3 is 0 Å². The second kappa shape index (κ2) is 18.7. The Labute approximate surface area is 170 Å². The van der Waals surface area contributed by atoms with E-state index in [2.05, 4.69) is 29.5 Å². The highest BCUT2D eigenvalue weighted by Crippen LogP contribution is 2.14. The van der Waals surface area contributed by atoms with Gasteiger partial charge in [-0.25, -0.2) is 0 Å². The molecule has 0 saturated carbocycles. The summed E-state index contributed by atoms with van der Waals surface area (Å²) in [6, 6.07) is 0. The van der Waals surface area contributed by atoms with Crippen molar-refractivity contribution in [2.75, 3.05) is 59.3 Å². The summed E-state index contributed by atoms with van der Waals surface area (Å²) < 4.78 is 16.7. The molecule has 0 atom stereocenters. The highest BCUT2D eigenvalue weighted by Gasteiger charge is 2.13. The maximum absolute atomic E-state index is 5.77. The number of guanidine groups is 1. The lowest BCUT2D eigenvalue weighted by Crippen LogP contribution is -2.39. The summed E-state index contributed by atoms with van der Waals surface area (Å²) in [4.78, 5) is 4.57. The summed E-state index contributed by atoms with van der Waals surface area (Å²) in [5.74, 6) is 1.54. The van der Waals surface area contributed by atoms with Crippen molar-refractivity contribution in [1.82, 2.24) is 10.6 Å². The van der Waals surface area contributed by atoms with Gasteiger partial charge in [-0.05, 0) is 38.5 Å². The van der Waals surface area contributed by atoms with Gasteiger partial charge < -0.3 is 24.8 Å². The third-order valence-corrected chi connectivity index (χ3v) is 3.94. The Kier molecular flexibility index (Phi) is 18.6. The molecule has 150 valence electrons. The highest BCUT2D eigenvalue weighted by molar-refractivity contribution is 14.0. The lowest BCUT2D eigenvalue weighted by atomic mass is 10.0. The lowest BCUT2D eigenvalue weighted by Gasteiger charge is -2.21. The van der Waals surface area contributed by atoms with Crippen molar-refractivity contribution in [1.29, 1.82) is 0 Å². The van der Waals surface area contributed by atoms with Crippen molar-refractivity contribution in [3.63, 3.8) is 0 Å². The standard InChI is InChI=1S/C18H37N3O3.HI/c1-3-5-11-22-15-10-21-18(19-4-2)20-9-6-12-24-16-17-7-13-23-14-8-17;/h17H,3-16H2,1-2H3,(H2,19,20,21);1H. The number of aliphatic imine (C=N–C) groups is 1. The van der Waals surface area contributed by atoms with Gasteiger partial charge in [0.1, 0.15) is 0 Å². The number of nitrogens with one attached hydrogen (secondary N) is 2. The molecule has 0 aliphatic carbocycles. The van der Waals surface area contributed by atoms with Crippen LogP contribution in [-0.4, -0.2) is 65.2 Å². The van der Waals surface area contributed by atoms with Crippen LogP contribution in [0.3, 0.4) is 0 Å². The fraction of sp³-hybridized carbons (Fsp3) is 0.944. The summed E-state index contributed by atoms with van der Waals surface area (Å²) in [5.41, 5.74) is 0. The molecular formula is C18H38IN3O3. The van der Waals surface area contributed by atoms with Gasteiger partial charge in [0.25, 0.3) is 0 Å². The normalized spacial score (nSPS) is 15.7. The zero-order valence-electron chi connectivity index (χ0n) is 16.1. The van der Waals surface area contributed by atoms with Gasteiger partial charge in [-0.3, -0.25) is 4.99 Å². The van der Waals surface area contributed by atoms with Gasteiger partial charge in [0.05, 0.1) is 6.61 Å². The zero-order chi connectivity index (χ0) is 17.3. The van der Waals surface area contributed by atoms with E-state index in [0.717, 1.165) is 90.9 Å². The molecular weight excluding hydrogens is 433 g/mol. The first-order chi connectivity index (χ1) is 11.9. The quantitative estimate of drug-likeness (QED) is 0.187. The Morgan fingerprint density at radius 2 is 1.80 bits per heavy atom. The molecule has 2 N–H and O–H groups in total. The summed E-state index contributed by atoms with van der Waals surface area (Å²) in [7, 11) is 0. The Morgan fingerprint density at radius 3 is 2.52 bits per heavy atom. The topological polar surface area (TPSA) is 64.1 Å². The van der Waals surface area contributed by atoms with Gasteiger partial charge in [0.15, 0.2) is 5.96 Å². The van der Waals surface area contributed by atoms with Crippen LogP contribution < -0.4 is 10.6 Å². The second-order valence-electron chi connectivity index (χ2n) is 6.14. The van der Waals surface area contributed by atoms with E-state index in [1.807, 2.05) is 0 Å². The van der Waals surface area contributed by atoms with E-state index in [9.17, 15) is 0 Å². The first kappa shape index (κ1) is 24.9. The van der Waals surface area contributed by atoms with E-state index >= 15 is 0 Å². The molecule has 0 unspecified atom stereocenters. The number of rotatable bonds is 13. The van der Waals surface area contributed by atoms with Crippen molar-refractivity contribution >= 4 is 29.9 Å².